The number of rotatable bonds is 7. The Hall–Kier alpha value is -2.82. The van der Waals surface area contributed by atoms with Crippen LogP contribution < -0.4 is 14.4 Å². The number of carbonyl (C=O) groups excluding carboxylic acids is 2. The molecule has 2 amide bonds. The number of carbonyl (C=O) groups is 2. The van der Waals surface area contributed by atoms with Gasteiger partial charge in [-0.1, -0.05) is 23.7 Å². The summed E-state index contributed by atoms with van der Waals surface area (Å²) >= 11 is 6.17. The highest BCUT2D eigenvalue weighted by Crippen LogP contribution is 2.31. The predicted octanol–water partition coefficient (Wildman–Crippen LogP) is 2.61. The third kappa shape index (κ3) is 5.76. The van der Waals surface area contributed by atoms with Crippen LogP contribution in [-0.4, -0.2) is 70.8 Å². The summed E-state index contributed by atoms with van der Waals surface area (Å²) in [5, 5.41) is 2.91. The minimum Gasteiger partial charge on any atom is -0.495 e. The lowest BCUT2D eigenvalue weighted by Crippen LogP contribution is -2.45. The summed E-state index contributed by atoms with van der Waals surface area (Å²) in [7, 11) is -2.41. The molecular weight excluding hydrogens is 470 g/mol. The molecular formula is C22H26ClN3O6S. The molecule has 0 aromatic heterocycles. The highest BCUT2D eigenvalue weighted by atomic mass is 35.5. The number of morpholine rings is 1. The summed E-state index contributed by atoms with van der Waals surface area (Å²) in [6.45, 7) is 3.27. The number of benzene rings is 2. The minimum atomic E-state index is -3.85. The van der Waals surface area contributed by atoms with Crippen molar-refractivity contribution in [3.05, 3.63) is 53.1 Å². The highest BCUT2D eigenvalue weighted by molar-refractivity contribution is 7.92. The lowest BCUT2D eigenvalue weighted by atomic mass is 10.1. The van der Waals surface area contributed by atoms with E-state index in [1.807, 2.05) is 0 Å². The fourth-order valence-corrected chi connectivity index (χ4v) is 4.97. The molecule has 1 fully saturated rings. The average Bonchev–Trinajstić information content (AvgIpc) is 2.79. The maximum Gasteiger partial charge on any atom is 0.256 e. The van der Waals surface area contributed by atoms with Crippen molar-refractivity contribution >= 4 is 44.8 Å². The number of halogens is 1. The van der Waals surface area contributed by atoms with Gasteiger partial charge in [-0.2, -0.15) is 0 Å². The molecule has 0 saturated carbocycles. The van der Waals surface area contributed by atoms with Crippen molar-refractivity contribution in [1.29, 1.82) is 0 Å². The lowest BCUT2D eigenvalue weighted by Gasteiger charge is -2.29. The molecule has 1 aliphatic heterocycles. The number of nitrogens with zero attached hydrogens (tertiary/aromatic N) is 2. The molecule has 0 spiro atoms. The van der Waals surface area contributed by atoms with Crippen molar-refractivity contribution < 1.29 is 27.5 Å². The molecule has 1 aliphatic rings. The van der Waals surface area contributed by atoms with E-state index in [-0.39, 0.29) is 16.6 Å². The Balaban J connectivity index is 1.87. The van der Waals surface area contributed by atoms with Gasteiger partial charge in [-0.15, -0.1) is 0 Å². The smallest absolute Gasteiger partial charge is 0.256 e. The second-order valence-corrected chi connectivity index (χ2v) is 9.76. The molecule has 0 unspecified atom stereocenters. The number of nitrogens with one attached hydrogen (secondary N) is 1. The number of methoxy groups -OCH3 is 1. The molecule has 178 valence electrons. The molecule has 3 rings (SSSR count). The van der Waals surface area contributed by atoms with E-state index in [9.17, 15) is 18.0 Å². The van der Waals surface area contributed by atoms with E-state index in [1.165, 1.54) is 32.2 Å². The number of amides is 2. The number of para-hydroxylation sites is 1. The molecule has 0 radical (unpaired) electrons. The molecule has 1 N–H and O–H groups in total. The van der Waals surface area contributed by atoms with E-state index in [1.54, 1.807) is 29.2 Å². The number of anilines is 2. The number of ether oxygens (including phenoxy) is 2. The number of hydrogen-bond donors (Lipinski definition) is 1. The Morgan fingerprint density at radius 1 is 1.18 bits per heavy atom. The molecule has 0 aliphatic carbocycles. The van der Waals surface area contributed by atoms with E-state index in [2.05, 4.69) is 5.32 Å². The first-order valence-electron chi connectivity index (χ1n) is 10.2. The maximum atomic E-state index is 13.1. The van der Waals surface area contributed by atoms with Crippen molar-refractivity contribution in [2.75, 3.05) is 49.3 Å². The molecule has 9 nitrogen and oxygen atoms in total. The fraction of sp³-hybridized carbons (Fsp3) is 0.364. The predicted molar refractivity (Wildman–Crippen MR) is 127 cm³/mol. The van der Waals surface area contributed by atoms with Gasteiger partial charge >= 0.3 is 0 Å². The van der Waals surface area contributed by atoms with Crippen LogP contribution in [0.5, 0.6) is 5.75 Å². The number of sulfonamides is 1. The number of hydrogen-bond acceptors (Lipinski definition) is 6. The summed E-state index contributed by atoms with van der Waals surface area (Å²) in [5.41, 5.74) is 0.828. The van der Waals surface area contributed by atoms with Gasteiger partial charge in [0.15, 0.2) is 0 Å². The van der Waals surface area contributed by atoms with Crippen molar-refractivity contribution in [2.24, 2.45) is 0 Å². The average molecular weight is 496 g/mol. The Bertz CT molecular complexity index is 1130. The van der Waals surface area contributed by atoms with Crippen LogP contribution in [0.2, 0.25) is 5.02 Å². The van der Waals surface area contributed by atoms with Crippen LogP contribution in [-0.2, 0) is 19.6 Å². The Morgan fingerprint density at radius 3 is 2.45 bits per heavy atom. The second kappa shape index (κ2) is 10.4. The fourth-order valence-electron chi connectivity index (χ4n) is 3.55. The van der Waals surface area contributed by atoms with Gasteiger partial charge in [0, 0.05) is 13.1 Å². The Kier molecular flexibility index (Phi) is 7.83. The van der Waals surface area contributed by atoms with Crippen molar-refractivity contribution in [1.82, 2.24) is 4.90 Å². The minimum absolute atomic E-state index is 0.206. The second-order valence-electron chi connectivity index (χ2n) is 7.49. The van der Waals surface area contributed by atoms with Gasteiger partial charge in [-0.3, -0.25) is 13.9 Å². The molecule has 1 saturated heterocycles. The quantitative estimate of drug-likeness (QED) is 0.633. The SMILES string of the molecule is COc1ccc(N([C@@H](C)C(=O)Nc2ccccc2C(=O)N2CCOCC2)S(C)(=O)=O)cc1Cl. The van der Waals surface area contributed by atoms with Crippen LogP contribution in [0, 0.1) is 0 Å². The zero-order valence-corrected chi connectivity index (χ0v) is 20.1. The van der Waals surface area contributed by atoms with E-state index < -0.39 is 22.0 Å². The molecule has 2 aromatic rings. The van der Waals surface area contributed by atoms with Crippen LogP contribution in [0.25, 0.3) is 0 Å². The summed E-state index contributed by atoms with van der Waals surface area (Å²) < 4.78 is 36.5. The summed E-state index contributed by atoms with van der Waals surface area (Å²) in [5.74, 6) is -0.458. The van der Waals surface area contributed by atoms with Gasteiger partial charge < -0.3 is 19.7 Å². The summed E-state index contributed by atoms with van der Waals surface area (Å²) in [6.07, 6.45) is 1.00. The van der Waals surface area contributed by atoms with E-state index >= 15 is 0 Å². The Morgan fingerprint density at radius 2 is 1.85 bits per heavy atom. The van der Waals surface area contributed by atoms with Gasteiger partial charge in [-0.25, -0.2) is 8.42 Å². The highest BCUT2D eigenvalue weighted by Gasteiger charge is 2.31. The topological polar surface area (TPSA) is 105 Å². The largest absolute Gasteiger partial charge is 0.495 e. The molecule has 11 heteroatoms. The Labute approximate surface area is 198 Å². The zero-order valence-electron chi connectivity index (χ0n) is 18.6. The molecule has 1 atom stereocenters. The van der Waals surface area contributed by atoms with E-state index in [0.29, 0.717) is 43.3 Å². The monoisotopic (exact) mass is 495 g/mol. The first-order valence-corrected chi connectivity index (χ1v) is 12.5. The van der Waals surface area contributed by atoms with Crippen LogP contribution in [0.15, 0.2) is 42.5 Å². The molecule has 0 bridgehead atoms. The van der Waals surface area contributed by atoms with Gasteiger partial charge in [0.1, 0.15) is 11.8 Å². The summed E-state index contributed by atoms with van der Waals surface area (Å²) in [6, 6.07) is 9.94. The van der Waals surface area contributed by atoms with Crippen molar-refractivity contribution in [3.63, 3.8) is 0 Å². The van der Waals surface area contributed by atoms with E-state index in [0.717, 1.165) is 10.6 Å². The normalized spacial score (nSPS) is 15.0. The van der Waals surface area contributed by atoms with Crippen LogP contribution in [0.1, 0.15) is 17.3 Å². The third-order valence-electron chi connectivity index (χ3n) is 5.19. The first-order chi connectivity index (χ1) is 15.6. The third-order valence-corrected chi connectivity index (χ3v) is 6.73. The lowest BCUT2D eigenvalue weighted by molar-refractivity contribution is -0.116. The standard InChI is InChI=1S/C22H26ClN3O6S/c1-15(26(33(3,29)30)16-8-9-20(31-2)18(23)14-16)21(27)24-19-7-5-4-6-17(19)22(28)25-10-12-32-13-11-25/h4-9,14-15H,10-13H2,1-3H3,(H,24,27)/t15-/m0/s1. The summed E-state index contributed by atoms with van der Waals surface area (Å²) in [4.78, 5) is 27.7. The maximum absolute atomic E-state index is 13.1. The van der Waals surface area contributed by atoms with Crippen LogP contribution in [0.4, 0.5) is 11.4 Å². The van der Waals surface area contributed by atoms with Crippen LogP contribution in [0.3, 0.4) is 0 Å². The van der Waals surface area contributed by atoms with Crippen molar-refractivity contribution in [3.8, 4) is 5.75 Å². The van der Waals surface area contributed by atoms with Gasteiger partial charge in [-0.05, 0) is 37.3 Å². The van der Waals surface area contributed by atoms with Crippen LogP contribution >= 0.6 is 11.6 Å². The first kappa shape index (κ1) is 24.8. The van der Waals surface area contributed by atoms with Gasteiger partial charge in [0.2, 0.25) is 15.9 Å². The molecule has 2 aromatic carbocycles. The van der Waals surface area contributed by atoms with Gasteiger partial charge in [0.25, 0.3) is 5.91 Å². The zero-order chi connectivity index (χ0) is 24.2. The van der Waals surface area contributed by atoms with Gasteiger partial charge in [0.05, 0.1) is 48.5 Å². The van der Waals surface area contributed by atoms with E-state index in [4.69, 9.17) is 21.1 Å². The van der Waals surface area contributed by atoms with Crippen molar-refractivity contribution in [2.45, 2.75) is 13.0 Å². The molecule has 1 heterocycles. The molecule has 33 heavy (non-hydrogen) atoms.